The zero-order valence-corrected chi connectivity index (χ0v) is 50.7. The molecular formula is C71H122O6. The van der Waals surface area contributed by atoms with Gasteiger partial charge in [0.05, 0.1) is 0 Å². The number of ether oxygens (including phenoxy) is 3. The minimum atomic E-state index is -0.825. The van der Waals surface area contributed by atoms with Crippen molar-refractivity contribution in [1.82, 2.24) is 0 Å². The molecule has 77 heavy (non-hydrogen) atoms. The van der Waals surface area contributed by atoms with Gasteiger partial charge in [0.25, 0.3) is 0 Å². The van der Waals surface area contributed by atoms with E-state index in [0.29, 0.717) is 19.3 Å². The molecule has 0 spiro atoms. The molecule has 6 heteroatoms. The number of hydrogen-bond acceptors (Lipinski definition) is 6. The van der Waals surface area contributed by atoms with Crippen LogP contribution in [0.4, 0.5) is 0 Å². The molecule has 0 N–H and O–H groups in total. The third kappa shape index (κ3) is 63.0. The maximum absolute atomic E-state index is 12.9. The van der Waals surface area contributed by atoms with Crippen molar-refractivity contribution in [3.05, 3.63) is 97.2 Å². The fraction of sp³-hybridized carbons (Fsp3) is 0.732. The highest BCUT2D eigenvalue weighted by atomic mass is 16.6. The smallest absolute Gasteiger partial charge is 0.306 e. The molecule has 0 rings (SSSR count). The first-order chi connectivity index (χ1) is 38.0. The fourth-order valence-corrected chi connectivity index (χ4v) is 9.21. The van der Waals surface area contributed by atoms with E-state index in [-0.39, 0.29) is 31.6 Å². The van der Waals surface area contributed by atoms with Crippen molar-refractivity contribution in [1.29, 1.82) is 0 Å². The molecular weight excluding hydrogens is 949 g/mol. The second-order valence-corrected chi connectivity index (χ2v) is 21.6. The molecule has 0 heterocycles. The maximum atomic E-state index is 12.9. The first-order valence-electron chi connectivity index (χ1n) is 32.7. The summed E-state index contributed by atoms with van der Waals surface area (Å²) in [6, 6.07) is 0. The number of allylic oxidation sites excluding steroid dienone is 16. The van der Waals surface area contributed by atoms with Crippen LogP contribution in [-0.2, 0) is 28.6 Å². The van der Waals surface area contributed by atoms with Gasteiger partial charge in [-0.3, -0.25) is 14.4 Å². The van der Waals surface area contributed by atoms with Gasteiger partial charge in [0.15, 0.2) is 6.10 Å². The molecule has 0 aliphatic rings. The van der Waals surface area contributed by atoms with Gasteiger partial charge < -0.3 is 14.2 Å². The van der Waals surface area contributed by atoms with Gasteiger partial charge in [-0.05, 0) is 89.9 Å². The number of esters is 3. The van der Waals surface area contributed by atoms with E-state index in [0.717, 1.165) is 103 Å². The largest absolute Gasteiger partial charge is 0.462 e. The highest BCUT2D eigenvalue weighted by molar-refractivity contribution is 5.71. The Kier molecular flexibility index (Phi) is 61.8. The Labute approximate surface area is 477 Å². The molecule has 0 aromatic rings. The second-order valence-electron chi connectivity index (χ2n) is 21.6. The number of carbonyl (C=O) groups is 3. The number of rotatable bonds is 59. The molecule has 0 fully saturated rings. The summed E-state index contributed by atoms with van der Waals surface area (Å²) in [5.74, 6) is -0.999. The van der Waals surface area contributed by atoms with Gasteiger partial charge in [0.1, 0.15) is 13.2 Å². The summed E-state index contributed by atoms with van der Waals surface area (Å²) < 4.78 is 16.8. The van der Waals surface area contributed by atoms with Crippen molar-refractivity contribution in [2.75, 3.05) is 13.2 Å². The Balaban J connectivity index is 4.40. The third-order valence-electron chi connectivity index (χ3n) is 14.1. The van der Waals surface area contributed by atoms with Crippen LogP contribution in [0.2, 0.25) is 0 Å². The van der Waals surface area contributed by atoms with E-state index in [9.17, 15) is 14.4 Å². The van der Waals surface area contributed by atoms with Crippen molar-refractivity contribution in [3.63, 3.8) is 0 Å². The number of unbranched alkanes of at least 4 members (excludes halogenated alkanes) is 32. The van der Waals surface area contributed by atoms with Gasteiger partial charge in [-0.25, -0.2) is 0 Å². The Bertz CT molecular complexity index is 1510. The van der Waals surface area contributed by atoms with E-state index < -0.39 is 12.1 Å². The lowest BCUT2D eigenvalue weighted by Crippen LogP contribution is -2.30. The van der Waals surface area contributed by atoms with Crippen LogP contribution < -0.4 is 0 Å². The van der Waals surface area contributed by atoms with Crippen LogP contribution in [0.5, 0.6) is 0 Å². The van der Waals surface area contributed by atoms with E-state index in [4.69, 9.17) is 14.2 Å². The molecule has 1 unspecified atom stereocenters. The predicted octanol–water partition coefficient (Wildman–Crippen LogP) is 22.4. The van der Waals surface area contributed by atoms with Crippen LogP contribution in [0.1, 0.15) is 316 Å². The Morgan fingerprint density at radius 2 is 0.532 bits per heavy atom. The van der Waals surface area contributed by atoms with Gasteiger partial charge in [0.2, 0.25) is 0 Å². The van der Waals surface area contributed by atoms with E-state index in [1.54, 1.807) is 0 Å². The summed E-state index contributed by atoms with van der Waals surface area (Å²) in [5, 5.41) is 0. The SMILES string of the molecule is CC/C=C\C/C=C\C/C=C\C/C=C\C/C=C\C/C=C\CCC(=O)OC(COC(=O)CCCCCCC/C=C\C/C=C\CCCCC)COC(=O)CCCCCCCCCCCCCCCCCCCCCCCCCCC. The third-order valence-corrected chi connectivity index (χ3v) is 14.1. The van der Waals surface area contributed by atoms with E-state index >= 15 is 0 Å². The molecule has 0 bridgehead atoms. The van der Waals surface area contributed by atoms with Crippen LogP contribution in [0.25, 0.3) is 0 Å². The second kappa shape index (κ2) is 64.9. The summed E-state index contributed by atoms with van der Waals surface area (Å²) in [5.41, 5.74) is 0. The minimum Gasteiger partial charge on any atom is -0.462 e. The normalized spacial score (nSPS) is 12.7. The zero-order chi connectivity index (χ0) is 55.7. The van der Waals surface area contributed by atoms with Gasteiger partial charge in [-0.1, -0.05) is 304 Å². The van der Waals surface area contributed by atoms with Crippen LogP contribution in [0, 0.1) is 0 Å². The molecule has 6 nitrogen and oxygen atoms in total. The van der Waals surface area contributed by atoms with Crippen molar-refractivity contribution in [2.45, 2.75) is 322 Å². The van der Waals surface area contributed by atoms with Crippen LogP contribution in [0.3, 0.4) is 0 Å². The molecule has 0 radical (unpaired) electrons. The molecule has 442 valence electrons. The minimum absolute atomic E-state index is 0.110. The lowest BCUT2D eigenvalue weighted by Gasteiger charge is -2.18. The molecule has 0 aromatic heterocycles. The Morgan fingerprint density at radius 1 is 0.273 bits per heavy atom. The summed E-state index contributed by atoms with van der Waals surface area (Å²) >= 11 is 0. The Hall–Kier alpha value is -3.67. The summed E-state index contributed by atoms with van der Waals surface area (Å²) in [4.78, 5) is 38.3. The standard InChI is InChI=1S/C71H122O6/c1-4-7-10-13-16-19-22-25-28-30-32-33-34-35-36-37-39-40-43-46-49-52-55-58-61-64-70(73)76-67-68(66-75-69(72)63-60-57-54-51-48-45-42-27-24-21-18-15-12-9-6-3)77-71(74)65-62-59-56-53-50-47-44-41-38-31-29-26-23-20-17-14-11-8-5-2/h8,11,17-18,20-21,26-27,29,38,41-42,47,50,56,59,68H,4-7,9-10,12-16,19,22-25,28,30-37,39-40,43-46,48-49,51-55,57-58,60-67H2,1-3H3/b11-8-,20-17-,21-18-,29-26-,41-38-,42-27-,50-47-,59-56-. The average Bonchev–Trinajstić information content (AvgIpc) is 3.43. The van der Waals surface area contributed by atoms with Crippen LogP contribution in [0.15, 0.2) is 97.2 Å². The van der Waals surface area contributed by atoms with E-state index in [1.165, 1.54) is 167 Å². The average molecular weight is 1070 g/mol. The quantitative estimate of drug-likeness (QED) is 0.0261. The molecule has 0 aliphatic heterocycles. The first kappa shape index (κ1) is 73.3. The summed E-state index contributed by atoms with van der Waals surface area (Å²) in [7, 11) is 0. The molecule has 0 saturated carbocycles. The Morgan fingerprint density at radius 3 is 0.870 bits per heavy atom. The molecule has 0 amide bonds. The molecule has 0 aliphatic carbocycles. The molecule has 0 saturated heterocycles. The first-order valence-corrected chi connectivity index (χ1v) is 32.7. The highest BCUT2D eigenvalue weighted by Crippen LogP contribution is 2.17. The van der Waals surface area contributed by atoms with Crippen molar-refractivity contribution >= 4 is 17.9 Å². The monoisotopic (exact) mass is 1070 g/mol. The topological polar surface area (TPSA) is 78.9 Å². The number of hydrogen-bond donors (Lipinski definition) is 0. The lowest BCUT2D eigenvalue weighted by molar-refractivity contribution is -0.166. The van der Waals surface area contributed by atoms with Crippen LogP contribution >= 0.6 is 0 Å². The van der Waals surface area contributed by atoms with Gasteiger partial charge >= 0.3 is 17.9 Å². The highest BCUT2D eigenvalue weighted by Gasteiger charge is 2.19. The maximum Gasteiger partial charge on any atom is 0.306 e. The lowest BCUT2D eigenvalue weighted by atomic mass is 10.0. The van der Waals surface area contributed by atoms with Crippen molar-refractivity contribution in [3.8, 4) is 0 Å². The zero-order valence-electron chi connectivity index (χ0n) is 50.7. The van der Waals surface area contributed by atoms with Gasteiger partial charge in [0, 0.05) is 19.3 Å². The van der Waals surface area contributed by atoms with Gasteiger partial charge in [-0.15, -0.1) is 0 Å². The van der Waals surface area contributed by atoms with Crippen LogP contribution in [-0.4, -0.2) is 37.2 Å². The van der Waals surface area contributed by atoms with E-state index in [1.807, 2.05) is 6.08 Å². The predicted molar refractivity (Wildman–Crippen MR) is 334 cm³/mol. The van der Waals surface area contributed by atoms with Gasteiger partial charge in [-0.2, -0.15) is 0 Å². The van der Waals surface area contributed by atoms with Crippen molar-refractivity contribution < 1.29 is 28.6 Å². The molecule has 1 atom stereocenters. The summed E-state index contributed by atoms with van der Waals surface area (Å²) in [6.07, 6.45) is 87.2. The summed E-state index contributed by atoms with van der Waals surface area (Å²) in [6.45, 7) is 6.46. The molecule has 0 aromatic carbocycles. The number of carbonyl (C=O) groups excluding carboxylic acids is 3. The fourth-order valence-electron chi connectivity index (χ4n) is 9.21. The van der Waals surface area contributed by atoms with Crippen molar-refractivity contribution in [2.24, 2.45) is 0 Å². The van der Waals surface area contributed by atoms with E-state index in [2.05, 4.69) is 112 Å².